The molecule has 0 unspecified atom stereocenters. The van der Waals surface area contributed by atoms with Crippen LogP contribution in [-0.2, 0) is 10.2 Å². The zero-order chi connectivity index (χ0) is 9.31. The predicted molar refractivity (Wildman–Crippen MR) is 50.5 cm³/mol. The molecule has 0 bridgehead atoms. The van der Waals surface area contributed by atoms with Crippen molar-refractivity contribution in [2.45, 2.75) is 25.7 Å². The molecule has 0 aromatic heterocycles. The first-order chi connectivity index (χ1) is 6.18. The predicted octanol–water partition coefficient (Wildman–Crippen LogP) is 0.327. The van der Waals surface area contributed by atoms with Gasteiger partial charge in [0.15, 0.2) is 0 Å². The van der Waals surface area contributed by atoms with Crippen LogP contribution in [0.3, 0.4) is 0 Å². The van der Waals surface area contributed by atoms with Crippen LogP contribution in [-0.4, -0.2) is 32.4 Å². The van der Waals surface area contributed by atoms with Gasteiger partial charge in [-0.1, -0.05) is 12.8 Å². The van der Waals surface area contributed by atoms with E-state index in [4.69, 9.17) is 0 Å². The summed E-state index contributed by atoms with van der Waals surface area (Å²) in [6.45, 7) is 2.03. The third-order valence-corrected chi connectivity index (χ3v) is 4.35. The summed E-state index contributed by atoms with van der Waals surface area (Å²) in [7, 11) is -3.09. The van der Waals surface area contributed by atoms with Gasteiger partial charge in [0, 0.05) is 19.6 Å². The van der Waals surface area contributed by atoms with E-state index < -0.39 is 10.2 Å². The Kier molecular flexibility index (Phi) is 2.58. The molecule has 0 aromatic rings. The molecule has 0 atom stereocenters. The van der Waals surface area contributed by atoms with Crippen molar-refractivity contribution in [2.24, 2.45) is 5.92 Å². The van der Waals surface area contributed by atoms with E-state index in [0.717, 1.165) is 0 Å². The van der Waals surface area contributed by atoms with Gasteiger partial charge in [0.2, 0.25) is 0 Å². The zero-order valence-electron chi connectivity index (χ0n) is 7.70. The van der Waals surface area contributed by atoms with Gasteiger partial charge in [-0.05, 0) is 18.8 Å². The van der Waals surface area contributed by atoms with Crippen molar-refractivity contribution >= 4 is 10.2 Å². The van der Waals surface area contributed by atoms with Crippen molar-refractivity contribution in [3.8, 4) is 0 Å². The monoisotopic (exact) mass is 204 g/mol. The van der Waals surface area contributed by atoms with Gasteiger partial charge >= 0.3 is 0 Å². The van der Waals surface area contributed by atoms with Crippen LogP contribution < -0.4 is 4.72 Å². The van der Waals surface area contributed by atoms with Crippen LogP contribution in [0.5, 0.6) is 0 Å². The molecule has 2 aliphatic rings. The second kappa shape index (κ2) is 3.55. The van der Waals surface area contributed by atoms with E-state index in [9.17, 15) is 8.42 Å². The van der Waals surface area contributed by atoms with E-state index >= 15 is 0 Å². The molecule has 5 heteroatoms. The van der Waals surface area contributed by atoms with E-state index in [1.54, 1.807) is 0 Å². The molecule has 1 saturated carbocycles. The molecule has 2 fully saturated rings. The molecule has 1 aliphatic heterocycles. The number of nitrogens with zero attached hydrogens (tertiary/aromatic N) is 1. The third-order valence-electron chi connectivity index (χ3n) is 2.78. The Bertz CT molecular complexity index is 266. The second-order valence-electron chi connectivity index (χ2n) is 3.90. The molecular formula is C8H16N2O2S. The van der Waals surface area contributed by atoms with Gasteiger partial charge in [-0.25, -0.2) is 4.72 Å². The van der Waals surface area contributed by atoms with Gasteiger partial charge in [0.05, 0.1) is 0 Å². The molecule has 13 heavy (non-hydrogen) atoms. The van der Waals surface area contributed by atoms with E-state index in [-0.39, 0.29) is 0 Å². The molecule has 1 saturated heterocycles. The molecule has 1 N–H and O–H groups in total. The molecule has 2 rings (SSSR count). The summed E-state index contributed by atoms with van der Waals surface area (Å²) in [5.74, 6) is 0.578. The summed E-state index contributed by atoms with van der Waals surface area (Å²) >= 11 is 0. The Balaban J connectivity index is 1.77. The van der Waals surface area contributed by atoms with Gasteiger partial charge in [0.1, 0.15) is 0 Å². The van der Waals surface area contributed by atoms with E-state index in [1.165, 1.54) is 30.0 Å². The molecule has 1 aliphatic carbocycles. The highest BCUT2D eigenvalue weighted by molar-refractivity contribution is 7.87. The maximum absolute atomic E-state index is 11.4. The van der Waals surface area contributed by atoms with Crippen molar-refractivity contribution in [1.82, 2.24) is 9.03 Å². The van der Waals surface area contributed by atoms with Gasteiger partial charge in [-0.2, -0.15) is 12.7 Å². The maximum atomic E-state index is 11.4. The topological polar surface area (TPSA) is 49.2 Å². The highest BCUT2D eigenvalue weighted by Gasteiger charge is 2.31. The Hall–Kier alpha value is -0.130. The Morgan fingerprint density at radius 1 is 1.23 bits per heavy atom. The highest BCUT2D eigenvalue weighted by Crippen LogP contribution is 2.24. The average Bonchev–Trinajstić information content (AvgIpc) is 2.82. The van der Waals surface area contributed by atoms with Crippen LogP contribution >= 0.6 is 0 Å². The summed E-state index contributed by atoms with van der Waals surface area (Å²) in [5, 5.41) is 0. The van der Waals surface area contributed by atoms with Crippen molar-refractivity contribution in [3.05, 3.63) is 0 Å². The minimum Gasteiger partial charge on any atom is -0.202 e. The number of hydrogen-bond donors (Lipinski definition) is 1. The summed E-state index contributed by atoms with van der Waals surface area (Å²) in [5.41, 5.74) is 0. The molecular weight excluding hydrogens is 188 g/mol. The van der Waals surface area contributed by atoms with Gasteiger partial charge in [-0.15, -0.1) is 0 Å². The lowest BCUT2D eigenvalue weighted by Gasteiger charge is -2.10. The largest absolute Gasteiger partial charge is 0.279 e. The van der Waals surface area contributed by atoms with Gasteiger partial charge < -0.3 is 0 Å². The molecule has 0 amide bonds. The Labute approximate surface area is 79.5 Å². The molecule has 4 nitrogen and oxygen atoms in total. The second-order valence-corrected chi connectivity index (χ2v) is 5.66. The third kappa shape index (κ3) is 2.42. The van der Waals surface area contributed by atoms with E-state index in [2.05, 4.69) is 4.72 Å². The first kappa shape index (κ1) is 9.43. The molecule has 1 heterocycles. The van der Waals surface area contributed by atoms with Crippen molar-refractivity contribution in [3.63, 3.8) is 0 Å². The lowest BCUT2D eigenvalue weighted by molar-refractivity contribution is 0.503. The Morgan fingerprint density at radius 3 is 2.38 bits per heavy atom. The van der Waals surface area contributed by atoms with Crippen molar-refractivity contribution in [2.75, 3.05) is 19.6 Å². The quantitative estimate of drug-likeness (QED) is 0.671. The Morgan fingerprint density at radius 2 is 1.85 bits per heavy atom. The first-order valence-corrected chi connectivity index (χ1v) is 6.37. The minimum absolute atomic E-state index is 0.578. The van der Waals surface area contributed by atoms with Crippen LogP contribution in [0, 0.1) is 5.92 Å². The molecule has 0 radical (unpaired) electrons. The SMILES string of the molecule is O=S(=O)(NCC1CCCC1)N1CC1. The summed E-state index contributed by atoms with van der Waals surface area (Å²) in [6.07, 6.45) is 4.89. The average molecular weight is 204 g/mol. The van der Waals surface area contributed by atoms with E-state index in [1.807, 2.05) is 0 Å². The molecule has 76 valence electrons. The fourth-order valence-electron chi connectivity index (χ4n) is 1.81. The molecule has 0 spiro atoms. The lowest BCUT2D eigenvalue weighted by atomic mass is 10.1. The van der Waals surface area contributed by atoms with Gasteiger partial charge in [-0.3, -0.25) is 0 Å². The summed E-state index contributed by atoms with van der Waals surface area (Å²) in [6, 6.07) is 0. The van der Waals surface area contributed by atoms with Crippen LogP contribution in [0.4, 0.5) is 0 Å². The van der Waals surface area contributed by atoms with Crippen LogP contribution in [0.1, 0.15) is 25.7 Å². The van der Waals surface area contributed by atoms with Crippen LogP contribution in [0.25, 0.3) is 0 Å². The zero-order valence-corrected chi connectivity index (χ0v) is 8.52. The van der Waals surface area contributed by atoms with Crippen molar-refractivity contribution < 1.29 is 8.42 Å². The minimum atomic E-state index is -3.09. The van der Waals surface area contributed by atoms with Crippen LogP contribution in [0.15, 0.2) is 0 Å². The number of rotatable bonds is 4. The summed E-state index contributed by atoms with van der Waals surface area (Å²) < 4.78 is 26.8. The number of hydrogen-bond acceptors (Lipinski definition) is 2. The smallest absolute Gasteiger partial charge is 0.202 e. The molecule has 0 aromatic carbocycles. The van der Waals surface area contributed by atoms with Crippen molar-refractivity contribution in [1.29, 1.82) is 0 Å². The van der Waals surface area contributed by atoms with Crippen LogP contribution in [0.2, 0.25) is 0 Å². The summed E-state index contributed by atoms with van der Waals surface area (Å²) in [4.78, 5) is 0. The van der Waals surface area contributed by atoms with Gasteiger partial charge in [0.25, 0.3) is 10.2 Å². The van der Waals surface area contributed by atoms with E-state index in [0.29, 0.717) is 25.6 Å². The number of nitrogens with one attached hydrogen (secondary N) is 1. The lowest BCUT2D eigenvalue weighted by Crippen LogP contribution is -2.33. The first-order valence-electron chi connectivity index (χ1n) is 4.93. The fraction of sp³-hybridized carbons (Fsp3) is 1.00. The normalized spacial score (nSPS) is 25.2. The highest BCUT2D eigenvalue weighted by atomic mass is 32.2. The fourth-order valence-corrected chi connectivity index (χ4v) is 3.00. The maximum Gasteiger partial charge on any atom is 0.279 e. The standard InChI is InChI=1S/C8H16N2O2S/c11-13(12,10-5-6-10)9-7-8-3-1-2-4-8/h8-9H,1-7H2.